The Morgan fingerprint density at radius 2 is 1.60 bits per heavy atom. The van der Waals surface area contributed by atoms with Crippen molar-refractivity contribution in [3.63, 3.8) is 0 Å². The Hall–Kier alpha value is -2.82. The van der Waals surface area contributed by atoms with E-state index in [-0.39, 0.29) is 11.5 Å². The Balaban J connectivity index is 2.39. The van der Waals surface area contributed by atoms with Crippen molar-refractivity contribution in [1.82, 2.24) is 0 Å². The smallest absolute Gasteiger partial charge is 0.337 e. The zero-order valence-electron chi connectivity index (χ0n) is 10.9. The monoisotopic (exact) mass is 270 g/mol. The van der Waals surface area contributed by atoms with Crippen LogP contribution in [0.1, 0.15) is 17.3 Å². The average molecular weight is 270 g/mol. The molecule has 2 rings (SSSR count). The van der Waals surface area contributed by atoms with Gasteiger partial charge in [0.25, 0.3) is 0 Å². The van der Waals surface area contributed by atoms with Gasteiger partial charge in [-0.05, 0) is 24.3 Å². The van der Waals surface area contributed by atoms with E-state index in [1.807, 2.05) is 18.2 Å². The molecule has 0 aliphatic carbocycles. The fourth-order valence-corrected chi connectivity index (χ4v) is 1.80. The second-order valence-corrected chi connectivity index (χ2v) is 4.15. The van der Waals surface area contributed by atoms with Crippen molar-refractivity contribution < 1.29 is 14.7 Å². The Morgan fingerprint density at radius 3 is 2.20 bits per heavy atom. The van der Waals surface area contributed by atoms with Crippen LogP contribution in [0.4, 0.5) is 11.4 Å². The fourth-order valence-electron chi connectivity index (χ4n) is 1.80. The van der Waals surface area contributed by atoms with Crippen molar-refractivity contribution in [3.05, 3.63) is 60.2 Å². The Kier molecular flexibility index (Phi) is 4.00. The first-order chi connectivity index (χ1) is 9.59. The molecule has 0 saturated carbocycles. The number of hydrogen-bond acceptors (Lipinski definition) is 3. The Morgan fingerprint density at radius 1 is 1.00 bits per heavy atom. The van der Waals surface area contributed by atoms with Gasteiger partial charge in [-0.15, -0.1) is 0 Å². The molecule has 2 aromatic carbocycles. The van der Waals surface area contributed by atoms with E-state index in [9.17, 15) is 14.7 Å². The Labute approximate surface area is 116 Å². The van der Waals surface area contributed by atoms with Crippen molar-refractivity contribution in [3.8, 4) is 0 Å². The van der Waals surface area contributed by atoms with E-state index in [0.29, 0.717) is 11.4 Å². The number of anilines is 2. The SMILES string of the molecule is CC(=O)N(Nc1ccccc1)c1ccccc1C(=O)O. The highest BCUT2D eigenvalue weighted by atomic mass is 16.4. The van der Waals surface area contributed by atoms with Gasteiger partial charge in [-0.2, -0.15) is 0 Å². The standard InChI is InChI=1S/C15H14N2O3/c1-11(18)17(16-12-7-3-2-4-8-12)14-10-6-5-9-13(14)15(19)20/h2-10,16H,1H3,(H,19,20). The van der Waals surface area contributed by atoms with Crippen LogP contribution in [-0.4, -0.2) is 17.0 Å². The number of carboxylic acid groups (broad SMARTS) is 1. The highest BCUT2D eigenvalue weighted by molar-refractivity contribution is 6.02. The van der Waals surface area contributed by atoms with Crippen molar-refractivity contribution in [2.45, 2.75) is 6.92 Å². The molecule has 5 nitrogen and oxygen atoms in total. The van der Waals surface area contributed by atoms with Crippen LogP contribution >= 0.6 is 0 Å². The summed E-state index contributed by atoms with van der Waals surface area (Å²) in [5.74, 6) is -1.38. The van der Waals surface area contributed by atoms with E-state index in [4.69, 9.17) is 0 Å². The number of rotatable bonds is 4. The number of carbonyl (C=O) groups excluding carboxylic acids is 1. The van der Waals surface area contributed by atoms with Gasteiger partial charge < -0.3 is 5.11 Å². The number of para-hydroxylation sites is 2. The van der Waals surface area contributed by atoms with Crippen LogP contribution < -0.4 is 10.4 Å². The number of carbonyl (C=O) groups is 2. The summed E-state index contributed by atoms with van der Waals surface area (Å²) in [7, 11) is 0. The van der Waals surface area contributed by atoms with Crippen LogP contribution in [0.25, 0.3) is 0 Å². The number of benzene rings is 2. The van der Waals surface area contributed by atoms with E-state index in [2.05, 4.69) is 5.43 Å². The lowest BCUT2D eigenvalue weighted by atomic mass is 10.1. The Bertz CT molecular complexity index is 626. The number of amides is 1. The molecule has 0 radical (unpaired) electrons. The molecule has 2 N–H and O–H groups in total. The summed E-state index contributed by atoms with van der Waals surface area (Å²) < 4.78 is 0. The maximum absolute atomic E-state index is 11.8. The highest BCUT2D eigenvalue weighted by Crippen LogP contribution is 2.21. The van der Waals surface area contributed by atoms with Gasteiger partial charge in [0.2, 0.25) is 5.91 Å². The molecule has 0 aliphatic rings. The maximum Gasteiger partial charge on any atom is 0.337 e. The summed E-state index contributed by atoms with van der Waals surface area (Å²) in [5.41, 5.74) is 3.97. The van der Waals surface area contributed by atoms with Gasteiger partial charge in [0, 0.05) is 6.92 Å². The molecule has 20 heavy (non-hydrogen) atoms. The third-order valence-corrected chi connectivity index (χ3v) is 2.70. The molecule has 0 saturated heterocycles. The molecule has 2 aromatic rings. The third-order valence-electron chi connectivity index (χ3n) is 2.70. The van der Waals surface area contributed by atoms with E-state index in [1.165, 1.54) is 18.0 Å². The summed E-state index contributed by atoms with van der Waals surface area (Å²) in [6.45, 7) is 1.37. The largest absolute Gasteiger partial charge is 0.478 e. The van der Waals surface area contributed by atoms with Gasteiger partial charge in [0.05, 0.1) is 16.9 Å². The number of nitrogens with one attached hydrogen (secondary N) is 1. The zero-order chi connectivity index (χ0) is 14.5. The molecule has 0 heterocycles. The van der Waals surface area contributed by atoms with Crippen molar-refractivity contribution >= 4 is 23.3 Å². The number of nitrogens with zero attached hydrogens (tertiary/aromatic N) is 1. The second-order valence-electron chi connectivity index (χ2n) is 4.15. The molecule has 102 valence electrons. The minimum Gasteiger partial charge on any atom is -0.478 e. The average Bonchev–Trinajstić information content (AvgIpc) is 2.45. The molecule has 0 bridgehead atoms. The van der Waals surface area contributed by atoms with Gasteiger partial charge >= 0.3 is 5.97 Å². The molecule has 1 amide bonds. The van der Waals surface area contributed by atoms with E-state index in [0.717, 1.165) is 0 Å². The summed E-state index contributed by atoms with van der Waals surface area (Å²) in [4.78, 5) is 23.0. The first-order valence-corrected chi connectivity index (χ1v) is 6.04. The first kappa shape index (κ1) is 13.6. The minimum absolute atomic E-state index is 0.0612. The van der Waals surface area contributed by atoms with Crippen LogP contribution in [0.5, 0.6) is 0 Å². The van der Waals surface area contributed by atoms with Crippen molar-refractivity contribution in [2.24, 2.45) is 0 Å². The van der Waals surface area contributed by atoms with Crippen LogP contribution in [0, 0.1) is 0 Å². The number of hydrogen-bond donors (Lipinski definition) is 2. The molecular weight excluding hydrogens is 256 g/mol. The van der Waals surface area contributed by atoms with Gasteiger partial charge in [-0.3, -0.25) is 10.2 Å². The van der Waals surface area contributed by atoms with E-state index >= 15 is 0 Å². The van der Waals surface area contributed by atoms with Crippen molar-refractivity contribution in [1.29, 1.82) is 0 Å². The lowest BCUT2D eigenvalue weighted by Gasteiger charge is -2.24. The number of hydrazine groups is 1. The molecule has 0 spiro atoms. The second kappa shape index (κ2) is 5.88. The molecule has 0 atom stereocenters. The van der Waals surface area contributed by atoms with Gasteiger partial charge in [0.1, 0.15) is 0 Å². The summed E-state index contributed by atoms with van der Waals surface area (Å²) in [5, 5.41) is 10.4. The molecule has 5 heteroatoms. The lowest BCUT2D eigenvalue weighted by molar-refractivity contribution is -0.116. The number of carboxylic acids is 1. The summed E-state index contributed by atoms with van der Waals surface area (Å²) >= 11 is 0. The summed E-state index contributed by atoms with van der Waals surface area (Å²) in [6, 6.07) is 15.4. The van der Waals surface area contributed by atoms with E-state index < -0.39 is 5.97 Å². The lowest BCUT2D eigenvalue weighted by Crippen LogP contribution is -2.35. The van der Waals surface area contributed by atoms with Crippen LogP contribution in [0.15, 0.2) is 54.6 Å². The zero-order valence-corrected chi connectivity index (χ0v) is 10.9. The normalized spacial score (nSPS) is 9.85. The van der Waals surface area contributed by atoms with Gasteiger partial charge in [-0.25, -0.2) is 9.80 Å². The molecule has 0 fully saturated rings. The fraction of sp³-hybridized carbons (Fsp3) is 0.0667. The molecule has 0 unspecified atom stereocenters. The molecular formula is C15H14N2O3. The topological polar surface area (TPSA) is 69.6 Å². The van der Waals surface area contributed by atoms with Crippen LogP contribution in [0.2, 0.25) is 0 Å². The van der Waals surface area contributed by atoms with Crippen LogP contribution in [-0.2, 0) is 4.79 Å². The molecule has 0 aliphatic heterocycles. The third kappa shape index (κ3) is 2.95. The minimum atomic E-state index is -1.08. The van der Waals surface area contributed by atoms with E-state index in [1.54, 1.807) is 30.3 Å². The highest BCUT2D eigenvalue weighted by Gasteiger charge is 2.18. The predicted octanol–water partition coefficient (Wildman–Crippen LogP) is 2.76. The molecule has 0 aromatic heterocycles. The first-order valence-electron chi connectivity index (χ1n) is 6.04. The number of aromatic carboxylic acids is 1. The van der Waals surface area contributed by atoms with Gasteiger partial charge in [-0.1, -0.05) is 30.3 Å². The van der Waals surface area contributed by atoms with Crippen LogP contribution in [0.3, 0.4) is 0 Å². The quantitative estimate of drug-likeness (QED) is 0.838. The maximum atomic E-state index is 11.8. The van der Waals surface area contributed by atoms with Crippen molar-refractivity contribution in [2.75, 3.05) is 10.4 Å². The summed E-state index contributed by atoms with van der Waals surface area (Å²) in [6.07, 6.45) is 0. The predicted molar refractivity (Wildman–Crippen MR) is 76.6 cm³/mol. The van der Waals surface area contributed by atoms with Gasteiger partial charge in [0.15, 0.2) is 0 Å².